The quantitative estimate of drug-likeness (QED) is 0.190. The third-order valence-corrected chi connectivity index (χ3v) is 8.12. The van der Waals surface area contributed by atoms with Gasteiger partial charge in [0.05, 0.1) is 42.9 Å². The molecule has 2 aromatic carbocycles. The molecule has 14 heteroatoms. The van der Waals surface area contributed by atoms with E-state index in [0.29, 0.717) is 28.4 Å². The summed E-state index contributed by atoms with van der Waals surface area (Å²) in [5.74, 6) is 0.734. The highest BCUT2D eigenvalue weighted by Gasteiger charge is 2.33. The third-order valence-electron chi connectivity index (χ3n) is 6.36. The van der Waals surface area contributed by atoms with Gasteiger partial charge in [-0.25, -0.2) is 28.4 Å². The van der Waals surface area contributed by atoms with E-state index >= 15 is 0 Å². The number of nitrogens with one attached hydrogen (secondary N) is 1. The first-order valence-corrected chi connectivity index (χ1v) is 13.9. The van der Waals surface area contributed by atoms with Crippen LogP contribution in [0.5, 0.6) is 17.2 Å². The van der Waals surface area contributed by atoms with Crippen LogP contribution in [0.2, 0.25) is 0 Å². The molecule has 0 aliphatic rings. The number of carbonyl (C=O) groups excluding carboxylic acids is 1. The monoisotopic (exact) mass is 590 g/mol. The lowest BCUT2D eigenvalue weighted by atomic mass is 10.2. The van der Waals surface area contributed by atoms with Gasteiger partial charge in [-0.05, 0) is 55.0 Å². The van der Waals surface area contributed by atoms with Gasteiger partial charge in [0.25, 0.3) is 10.0 Å². The molecule has 2 N–H and O–H groups in total. The Labute approximate surface area is 240 Å². The fourth-order valence-electron chi connectivity index (χ4n) is 4.45. The third kappa shape index (κ3) is 5.27. The zero-order valence-corrected chi connectivity index (χ0v) is 23.6. The van der Waals surface area contributed by atoms with Gasteiger partial charge in [-0.3, -0.25) is 14.5 Å². The SMILES string of the molecule is COc1ccc(S(=O)(=O)N(Cc2cccnc2)c2c(OC(=O)NO)cnc3c2c(C)nn3-c2ccccc2OC)cc1. The molecular formula is C28H26N6O7S. The molecule has 13 nitrogen and oxygen atoms in total. The smallest absolute Gasteiger partial charge is 0.436 e. The Hall–Kier alpha value is -5.21. The number of para-hydroxylation sites is 2. The van der Waals surface area contributed by atoms with Crippen LogP contribution in [0.1, 0.15) is 11.3 Å². The van der Waals surface area contributed by atoms with E-state index in [1.165, 1.54) is 61.0 Å². The summed E-state index contributed by atoms with van der Waals surface area (Å²) in [5, 5.41) is 14.1. The Morgan fingerprint density at radius 2 is 1.76 bits per heavy atom. The fourth-order valence-corrected chi connectivity index (χ4v) is 5.93. The van der Waals surface area contributed by atoms with Gasteiger partial charge in [-0.15, -0.1) is 0 Å². The second-order valence-electron chi connectivity index (χ2n) is 8.89. The van der Waals surface area contributed by atoms with Gasteiger partial charge >= 0.3 is 6.09 Å². The average molecular weight is 591 g/mol. The number of anilines is 1. The summed E-state index contributed by atoms with van der Waals surface area (Å²) < 4.78 is 47.4. The maximum Gasteiger partial charge on any atom is 0.436 e. The Bertz CT molecular complexity index is 1840. The average Bonchev–Trinajstić information content (AvgIpc) is 3.36. The number of aryl methyl sites for hydroxylation is 1. The summed E-state index contributed by atoms with van der Waals surface area (Å²) in [6.45, 7) is 1.48. The zero-order chi connectivity index (χ0) is 29.9. The number of ether oxygens (including phenoxy) is 3. The van der Waals surface area contributed by atoms with E-state index < -0.39 is 16.1 Å². The lowest BCUT2D eigenvalue weighted by molar-refractivity contribution is 0.127. The van der Waals surface area contributed by atoms with Crippen LogP contribution in [0, 0.1) is 6.92 Å². The molecule has 0 fully saturated rings. The van der Waals surface area contributed by atoms with Gasteiger partial charge in [-0.1, -0.05) is 18.2 Å². The number of benzene rings is 2. The largest absolute Gasteiger partial charge is 0.497 e. The molecule has 0 atom stereocenters. The molecule has 0 saturated heterocycles. The van der Waals surface area contributed by atoms with Crippen molar-refractivity contribution in [1.82, 2.24) is 25.2 Å². The van der Waals surface area contributed by atoms with Crippen molar-refractivity contribution in [2.75, 3.05) is 18.5 Å². The molecule has 3 heterocycles. The summed E-state index contributed by atoms with van der Waals surface area (Å²) in [6, 6.07) is 16.4. The Morgan fingerprint density at radius 3 is 2.43 bits per heavy atom. The van der Waals surface area contributed by atoms with E-state index in [0.717, 1.165) is 4.31 Å². The number of amides is 1. The van der Waals surface area contributed by atoms with Crippen molar-refractivity contribution in [1.29, 1.82) is 0 Å². The molecule has 5 aromatic rings. The second-order valence-corrected chi connectivity index (χ2v) is 10.8. The van der Waals surface area contributed by atoms with Crippen molar-refractivity contribution < 1.29 is 32.6 Å². The number of sulfonamides is 1. The minimum absolute atomic E-state index is 0.0260. The van der Waals surface area contributed by atoms with E-state index in [1.807, 2.05) is 0 Å². The normalized spacial score (nSPS) is 11.2. The van der Waals surface area contributed by atoms with Crippen LogP contribution in [0.4, 0.5) is 10.5 Å². The first kappa shape index (κ1) is 28.3. The fraction of sp³-hybridized carbons (Fsp3) is 0.143. The van der Waals surface area contributed by atoms with Crippen LogP contribution in [0.25, 0.3) is 16.7 Å². The van der Waals surface area contributed by atoms with E-state index in [9.17, 15) is 18.4 Å². The van der Waals surface area contributed by atoms with Crippen molar-refractivity contribution >= 4 is 32.8 Å². The molecule has 1 amide bonds. The van der Waals surface area contributed by atoms with Gasteiger partial charge < -0.3 is 14.2 Å². The Morgan fingerprint density at radius 1 is 1.00 bits per heavy atom. The maximum atomic E-state index is 14.4. The molecule has 0 aliphatic heterocycles. The van der Waals surface area contributed by atoms with Crippen LogP contribution < -0.4 is 24.0 Å². The molecule has 42 heavy (non-hydrogen) atoms. The van der Waals surface area contributed by atoms with E-state index in [2.05, 4.69) is 15.1 Å². The molecule has 216 valence electrons. The number of pyridine rings is 2. The highest BCUT2D eigenvalue weighted by atomic mass is 32.2. The molecule has 0 radical (unpaired) electrons. The standard InChI is InChI=1S/C28H26N6O7S/c1-18-25-26(33(17-19-7-6-14-29-15-19)42(37,38)21-12-10-20(39-2)11-13-21)24(41-28(35)32-36)16-30-27(25)34(31-18)22-8-4-5-9-23(22)40-3/h4-16,36H,17H2,1-3H3,(H,32,35). The van der Waals surface area contributed by atoms with E-state index in [-0.39, 0.29) is 33.9 Å². The second kappa shape index (κ2) is 11.7. The van der Waals surface area contributed by atoms with Crippen LogP contribution >= 0.6 is 0 Å². The molecule has 0 unspecified atom stereocenters. The first-order chi connectivity index (χ1) is 20.3. The number of hydroxylamine groups is 1. The topological polar surface area (TPSA) is 158 Å². The van der Waals surface area contributed by atoms with Crippen molar-refractivity contribution in [2.24, 2.45) is 0 Å². The molecule has 5 rings (SSSR count). The van der Waals surface area contributed by atoms with Crippen molar-refractivity contribution in [3.05, 3.63) is 90.5 Å². The van der Waals surface area contributed by atoms with E-state index in [4.69, 9.17) is 14.2 Å². The number of fused-ring (bicyclic) bond motifs is 1. The van der Waals surface area contributed by atoms with Gasteiger partial charge in [0, 0.05) is 12.4 Å². The van der Waals surface area contributed by atoms with Gasteiger partial charge in [0.15, 0.2) is 11.4 Å². The van der Waals surface area contributed by atoms with Crippen LogP contribution in [-0.2, 0) is 16.6 Å². The molecule has 0 saturated carbocycles. The number of methoxy groups -OCH3 is 2. The molecular weight excluding hydrogens is 564 g/mol. The summed E-state index contributed by atoms with van der Waals surface area (Å²) in [7, 11) is -1.34. The molecule has 0 bridgehead atoms. The lowest BCUT2D eigenvalue weighted by Crippen LogP contribution is -2.32. The predicted octanol–water partition coefficient (Wildman–Crippen LogP) is 4.01. The molecule has 3 aromatic heterocycles. The number of nitrogens with zero attached hydrogens (tertiary/aromatic N) is 5. The number of hydrogen-bond donors (Lipinski definition) is 2. The summed E-state index contributed by atoms with van der Waals surface area (Å²) in [6.07, 6.45) is 3.05. The predicted molar refractivity (Wildman–Crippen MR) is 152 cm³/mol. The lowest BCUT2D eigenvalue weighted by Gasteiger charge is -2.27. The van der Waals surface area contributed by atoms with Gasteiger partial charge in [-0.2, -0.15) is 5.10 Å². The Balaban J connectivity index is 1.82. The zero-order valence-electron chi connectivity index (χ0n) is 22.8. The van der Waals surface area contributed by atoms with E-state index in [1.54, 1.807) is 49.5 Å². The summed E-state index contributed by atoms with van der Waals surface area (Å²) in [5.41, 5.74) is 3.13. The highest BCUT2D eigenvalue weighted by molar-refractivity contribution is 7.92. The van der Waals surface area contributed by atoms with Crippen molar-refractivity contribution in [2.45, 2.75) is 18.4 Å². The van der Waals surface area contributed by atoms with Gasteiger partial charge in [0.2, 0.25) is 0 Å². The highest BCUT2D eigenvalue weighted by Crippen LogP contribution is 2.42. The number of carbonyl (C=O) groups is 1. The first-order valence-electron chi connectivity index (χ1n) is 12.5. The number of hydrogen-bond acceptors (Lipinski definition) is 10. The van der Waals surface area contributed by atoms with Crippen LogP contribution in [-0.4, -0.2) is 53.7 Å². The Kier molecular flexibility index (Phi) is 7.91. The van der Waals surface area contributed by atoms with Gasteiger partial charge in [0.1, 0.15) is 22.9 Å². The molecule has 0 spiro atoms. The minimum Gasteiger partial charge on any atom is -0.497 e. The molecule has 0 aliphatic carbocycles. The van der Waals surface area contributed by atoms with Crippen LogP contribution in [0.3, 0.4) is 0 Å². The van der Waals surface area contributed by atoms with Crippen molar-refractivity contribution in [3.8, 4) is 22.9 Å². The summed E-state index contributed by atoms with van der Waals surface area (Å²) >= 11 is 0. The number of rotatable bonds is 9. The van der Waals surface area contributed by atoms with Crippen LogP contribution in [0.15, 0.2) is 84.1 Å². The maximum absolute atomic E-state index is 14.4. The number of aromatic nitrogens is 4. The van der Waals surface area contributed by atoms with Crippen molar-refractivity contribution in [3.63, 3.8) is 0 Å². The minimum atomic E-state index is -4.33. The summed E-state index contributed by atoms with van der Waals surface area (Å²) in [4.78, 5) is 20.7.